The van der Waals surface area contributed by atoms with Gasteiger partial charge < -0.3 is 10.6 Å². The first-order valence-electron chi connectivity index (χ1n) is 11.8. The highest BCUT2D eigenvalue weighted by molar-refractivity contribution is 6.01. The quantitative estimate of drug-likeness (QED) is 0.383. The van der Waals surface area contributed by atoms with Crippen LogP contribution in [0.25, 0.3) is 11.1 Å². The third-order valence-corrected chi connectivity index (χ3v) is 6.85. The summed E-state index contributed by atoms with van der Waals surface area (Å²) in [5, 5.41) is 17.1. The summed E-state index contributed by atoms with van der Waals surface area (Å²) in [6, 6.07) is 13.1. The fourth-order valence-corrected chi connectivity index (χ4v) is 5.07. The number of rotatable bonds is 6. The van der Waals surface area contributed by atoms with E-state index in [0.29, 0.717) is 29.8 Å². The lowest BCUT2D eigenvalue weighted by Gasteiger charge is -2.25. The minimum Gasteiger partial charge on any atom is -0.338 e. The number of hydrogen-bond donors (Lipinski definition) is 3. The minimum absolute atomic E-state index is 0.285. The van der Waals surface area contributed by atoms with Crippen molar-refractivity contribution in [2.45, 2.75) is 38.6 Å². The van der Waals surface area contributed by atoms with E-state index in [1.54, 1.807) is 19.2 Å². The number of hydrogen-bond acceptors (Lipinski definition) is 4. The summed E-state index contributed by atoms with van der Waals surface area (Å²) in [5.74, 6) is -1.42. The summed E-state index contributed by atoms with van der Waals surface area (Å²) in [6.07, 6.45) is 2.59. The summed E-state index contributed by atoms with van der Waals surface area (Å²) < 4.78 is 15.9. The molecule has 5 rings (SSSR count). The second kappa shape index (κ2) is 9.41. The van der Waals surface area contributed by atoms with E-state index in [2.05, 4.69) is 25.9 Å². The average Bonchev–Trinajstić information content (AvgIpc) is 3.57. The third-order valence-electron chi connectivity index (χ3n) is 6.85. The molecule has 0 fully saturated rings. The van der Waals surface area contributed by atoms with Crippen LogP contribution in [0, 0.1) is 19.7 Å². The van der Waals surface area contributed by atoms with E-state index in [1.807, 2.05) is 44.2 Å². The van der Waals surface area contributed by atoms with Crippen LogP contribution in [0.1, 0.15) is 45.3 Å². The molecule has 1 aliphatic carbocycles. The largest absolute Gasteiger partial charge is 0.338 e. The van der Waals surface area contributed by atoms with Crippen molar-refractivity contribution in [3.8, 4) is 11.1 Å². The lowest BCUT2D eigenvalue weighted by Crippen LogP contribution is -2.47. The monoisotopic (exact) mass is 486 g/mol. The van der Waals surface area contributed by atoms with E-state index in [9.17, 15) is 14.0 Å². The number of nitrogens with one attached hydrogen (secondary N) is 3. The molecule has 2 atom stereocenters. The Balaban J connectivity index is 1.41. The topological polar surface area (TPSA) is 105 Å². The number of aromatic nitrogens is 4. The number of nitrogens with zero attached hydrogens (tertiary/aromatic N) is 3. The first-order chi connectivity index (χ1) is 17.3. The molecule has 3 N–H and O–H groups in total. The number of anilines is 1. The molecule has 0 bridgehead atoms. The third kappa shape index (κ3) is 4.28. The van der Waals surface area contributed by atoms with E-state index in [-0.39, 0.29) is 17.6 Å². The smallest absolute Gasteiger partial charge is 0.270 e. The van der Waals surface area contributed by atoms with Gasteiger partial charge in [-0.1, -0.05) is 24.3 Å². The fraction of sp³-hybridized carbons (Fsp3) is 0.259. The molecule has 2 amide bonds. The molecule has 0 spiro atoms. The van der Waals surface area contributed by atoms with Gasteiger partial charge >= 0.3 is 0 Å². The van der Waals surface area contributed by atoms with Gasteiger partial charge in [0.1, 0.15) is 17.6 Å². The van der Waals surface area contributed by atoms with Crippen molar-refractivity contribution in [1.82, 2.24) is 25.3 Å². The lowest BCUT2D eigenvalue weighted by atomic mass is 9.92. The number of H-pyrrole nitrogens is 1. The molecule has 8 nitrogen and oxygen atoms in total. The van der Waals surface area contributed by atoms with Crippen LogP contribution in [0.2, 0.25) is 0 Å². The van der Waals surface area contributed by atoms with Crippen LogP contribution in [-0.4, -0.2) is 37.8 Å². The molecule has 2 aromatic carbocycles. The first-order valence-corrected chi connectivity index (χ1v) is 11.8. The molecule has 4 aromatic rings. The number of carbonyl (C=O) groups is 2. The van der Waals surface area contributed by atoms with Gasteiger partial charge in [0.05, 0.1) is 5.69 Å². The van der Waals surface area contributed by atoms with Crippen LogP contribution >= 0.6 is 0 Å². The van der Waals surface area contributed by atoms with Crippen LogP contribution in [0.5, 0.6) is 0 Å². The van der Waals surface area contributed by atoms with Gasteiger partial charge in [0.15, 0.2) is 0 Å². The first kappa shape index (κ1) is 23.5. The zero-order valence-electron chi connectivity index (χ0n) is 20.3. The van der Waals surface area contributed by atoms with Crippen molar-refractivity contribution in [2.75, 3.05) is 5.32 Å². The molecule has 2 heterocycles. The minimum atomic E-state index is -0.895. The van der Waals surface area contributed by atoms with Gasteiger partial charge in [0, 0.05) is 36.1 Å². The number of carbonyl (C=O) groups excluding carboxylic acids is 2. The molecule has 2 aromatic heterocycles. The summed E-state index contributed by atoms with van der Waals surface area (Å²) in [4.78, 5) is 26.6. The highest BCUT2D eigenvalue weighted by Crippen LogP contribution is 2.37. The average molecular weight is 487 g/mol. The van der Waals surface area contributed by atoms with Crippen molar-refractivity contribution in [3.63, 3.8) is 0 Å². The molecule has 0 unspecified atom stereocenters. The number of fused-ring (bicyclic) bond motifs is 1. The standard InChI is InChI=1S/C27H27FN6O2/c1-15-24(16(2)33-32-15)17-7-9-18(10-8-17)30-27(36)25(31-26(35)23-13-14-29-34(23)3)21-12-11-20-19(21)5-4-6-22(20)28/h4-10,13-14,21,25H,11-12H2,1-3H3,(H,30,36)(H,31,35)(H,32,33)/t21-,25+/m0/s1. The van der Waals surface area contributed by atoms with E-state index in [4.69, 9.17) is 0 Å². The molecule has 0 aliphatic heterocycles. The molecule has 1 aliphatic rings. The van der Waals surface area contributed by atoms with Crippen LogP contribution in [0.15, 0.2) is 54.7 Å². The van der Waals surface area contributed by atoms with Crippen LogP contribution < -0.4 is 10.6 Å². The zero-order valence-corrected chi connectivity index (χ0v) is 20.3. The number of aryl methyl sites for hydroxylation is 3. The Morgan fingerprint density at radius 2 is 1.92 bits per heavy atom. The van der Waals surface area contributed by atoms with Gasteiger partial charge in [-0.3, -0.25) is 19.4 Å². The van der Waals surface area contributed by atoms with Crippen LogP contribution in [0.3, 0.4) is 0 Å². The van der Waals surface area contributed by atoms with Gasteiger partial charge in [-0.05, 0) is 67.6 Å². The summed E-state index contributed by atoms with van der Waals surface area (Å²) in [6.45, 7) is 3.90. The molecule has 184 valence electrons. The van der Waals surface area contributed by atoms with E-state index < -0.39 is 11.9 Å². The van der Waals surface area contributed by atoms with Gasteiger partial charge in [-0.15, -0.1) is 0 Å². The Morgan fingerprint density at radius 1 is 1.14 bits per heavy atom. The van der Waals surface area contributed by atoms with E-state index in [1.165, 1.54) is 16.9 Å². The SMILES string of the molecule is Cc1n[nH]c(C)c1-c1ccc(NC(=O)[C@H](NC(=O)c2ccnn2C)[C@H]2CCc3c(F)cccc32)cc1. The van der Waals surface area contributed by atoms with Crippen molar-refractivity contribution in [3.05, 3.63) is 88.8 Å². The Morgan fingerprint density at radius 3 is 2.58 bits per heavy atom. The second-order valence-corrected chi connectivity index (χ2v) is 9.12. The van der Waals surface area contributed by atoms with Crippen molar-refractivity contribution >= 4 is 17.5 Å². The van der Waals surface area contributed by atoms with Crippen molar-refractivity contribution in [2.24, 2.45) is 7.05 Å². The maximum absolute atomic E-state index is 14.4. The van der Waals surface area contributed by atoms with Gasteiger partial charge in [0.25, 0.3) is 5.91 Å². The van der Waals surface area contributed by atoms with E-state index in [0.717, 1.165) is 28.1 Å². The van der Waals surface area contributed by atoms with Crippen molar-refractivity contribution in [1.29, 1.82) is 0 Å². The van der Waals surface area contributed by atoms with E-state index >= 15 is 0 Å². The number of aromatic amines is 1. The number of benzene rings is 2. The number of halogens is 1. The predicted octanol–water partition coefficient (Wildman–Crippen LogP) is 4.03. The lowest BCUT2D eigenvalue weighted by molar-refractivity contribution is -0.118. The molecule has 36 heavy (non-hydrogen) atoms. The maximum atomic E-state index is 14.4. The summed E-state index contributed by atoms with van der Waals surface area (Å²) >= 11 is 0. The molecule has 0 radical (unpaired) electrons. The Bertz CT molecular complexity index is 1420. The zero-order chi connectivity index (χ0) is 25.4. The summed E-state index contributed by atoms with van der Waals surface area (Å²) in [7, 11) is 1.66. The normalized spacial score (nSPS) is 15.4. The van der Waals surface area contributed by atoms with Gasteiger partial charge in [-0.2, -0.15) is 10.2 Å². The number of amides is 2. The fourth-order valence-electron chi connectivity index (χ4n) is 5.07. The summed E-state index contributed by atoms with van der Waals surface area (Å²) in [5.41, 5.74) is 6.16. The maximum Gasteiger partial charge on any atom is 0.270 e. The highest BCUT2D eigenvalue weighted by atomic mass is 19.1. The molecular formula is C27H27FN6O2. The van der Waals surface area contributed by atoms with Gasteiger partial charge in [-0.25, -0.2) is 4.39 Å². The molecule has 0 saturated carbocycles. The van der Waals surface area contributed by atoms with Gasteiger partial charge in [0.2, 0.25) is 5.91 Å². The van der Waals surface area contributed by atoms with Crippen LogP contribution in [-0.2, 0) is 18.3 Å². The molecule has 0 saturated heterocycles. The Hall–Kier alpha value is -4.27. The van der Waals surface area contributed by atoms with Crippen LogP contribution in [0.4, 0.5) is 10.1 Å². The molecule has 9 heteroatoms. The van der Waals surface area contributed by atoms with Crippen molar-refractivity contribution < 1.29 is 14.0 Å². The molecular weight excluding hydrogens is 459 g/mol. The Kier molecular flexibility index (Phi) is 6.13. The predicted molar refractivity (Wildman–Crippen MR) is 134 cm³/mol. The highest BCUT2D eigenvalue weighted by Gasteiger charge is 2.37. The second-order valence-electron chi connectivity index (χ2n) is 9.12. The Labute approximate surface area is 207 Å².